The number of methoxy groups -OCH3 is 1. The van der Waals surface area contributed by atoms with Crippen molar-refractivity contribution in [1.29, 1.82) is 0 Å². The fourth-order valence-corrected chi connectivity index (χ4v) is 3.82. The van der Waals surface area contributed by atoms with Crippen LogP contribution in [-0.4, -0.2) is 35.9 Å². The Morgan fingerprint density at radius 3 is 2.79 bits per heavy atom. The van der Waals surface area contributed by atoms with E-state index in [0.717, 1.165) is 16.0 Å². The van der Waals surface area contributed by atoms with E-state index in [1.807, 2.05) is 18.4 Å². The number of aliphatic imine (C=N–C) groups is 1. The summed E-state index contributed by atoms with van der Waals surface area (Å²) < 4.78 is 5.07. The average molecular weight is 365 g/mol. The summed E-state index contributed by atoms with van der Waals surface area (Å²) in [6, 6.07) is 3.80. The molecule has 0 fully saturated rings. The largest absolute Gasteiger partial charge is 0.480 e. The van der Waals surface area contributed by atoms with Crippen molar-refractivity contribution in [2.75, 3.05) is 14.2 Å². The van der Waals surface area contributed by atoms with Gasteiger partial charge in [0.1, 0.15) is 10.6 Å². The molecule has 0 saturated carbocycles. The van der Waals surface area contributed by atoms with Gasteiger partial charge in [-0.05, 0) is 30.0 Å². The Morgan fingerprint density at radius 2 is 2.17 bits per heavy atom. The normalized spacial score (nSPS) is 20.9. The first-order valence-electron chi connectivity index (χ1n) is 7.25. The monoisotopic (exact) mass is 364 g/mol. The third-order valence-electron chi connectivity index (χ3n) is 4.04. The lowest BCUT2D eigenvalue weighted by atomic mass is 9.93. The average Bonchev–Trinajstić information content (AvgIpc) is 3.03. The van der Waals surface area contributed by atoms with Crippen LogP contribution in [0.1, 0.15) is 18.2 Å². The predicted molar refractivity (Wildman–Crippen MR) is 95.5 cm³/mol. The highest BCUT2D eigenvalue weighted by Crippen LogP contribution is 2.39. The number of thiophene rings is 1. The number of ether oxygens (including phenoxy) is 1. The second-order valence-electron chi connectivity index (χ2n) is 5.79. The second kappa shape index (κ2) is 6.07. The summed E-state index contributed by atoms with van der Waals surface area (Å²) in [5.74, 6) is 0.577. The molecule has 2 N–H and O–H groups in total. The molecule has 2 aromatic heterocycles. The number of carbonyl (C=O) groups excluding carboxylic acids is 1. The first kappa shape index (κ1) is 16.7. The minimum atomic E-state index is -0.652. The van der Waals surface area contributed by atoms with Crippen LogP contribution < -0.4 is 10.5 Å². The molecule has 24 heavy (non-hydrogen) atoms. The fourth-order valence-electron chi connectivity index (χ4n) is 2.55. The molecule has 126 valence electrons. The van der Waals surface area contributed by atoms with Crippen molar-refractivity contribution in [3.05, 3.63) is 33.6 Å². The number of amides is 1. The van der Waals surface area contributed by atoms with Gasteiger partial charge in [-0.25, -0.2) is 9.98 Å². The van der Waals surface area contributed by atoms with E-state index in [4.69, 9.17) is 22.1 Å². The Balaban J connectivity index is 1.96. The van der Waals surface area contributed by atoms with Crippen molar-refractivity contribution in [2.45, 2.75) is 18.9 Å². The van der Waals surface area contributed by atoms with Crippen LogP contribution in [0.5, 0.6) is 5.88 Å². The fraction of sp³-hybridized carbons (Fsp3) is 0.312. The van der Waals surface area contributed by atoms with Crippen LogP contribution in [0.3, 0.4) is 0 Å². The highest BCUT2D eigenvalue weighted by atomic mass is 35.5. The minimum absolute atomic E-state index is 0.0471. The van der Waals surface area contributed by atoms with Crippen LogP contribution in [0.2, 0.25) is 5.02 Å². The summed E-state index contributed by atoms with van der Waals surface area (Å²) in [6.45, 7) is 1.92. The van der Waals surface area contributed by atoms with Crippen LogP contribution in [0.4, 0.5) is 0 Å². The highest BCUT2D eigenvalue weighted by molar-refractivity contribution is 7.10. The van der Waals surface area contributed by atoms with Gasteiger partial charge in [-0.2, -0.15) is 0 Å². The van der Waals surface area contributed by atoms with Gasteiger partial charge in [-0.15, -0.1) is 11.3 Å². The lowest BCUT2D eigenvalue weighted by molar-refractivity contribution is -0.128. The lowest BCUT2D eigenvalue weighted by Crippen LogP contribution is -2.47. The third kappa shape index (κ3) is 2.85. The number of pyridine rings is 1. The SMILES string of the molecule is COc1ncc(-c2csc([C@]3(C)CC(=O)N(C)C(N)=N3)c2)cc1Cl. The zero-order valence-corrected chi connectivity index (χ0v) is 15.1. The van der Waals surface area contributed by atoms with Gasteiger partial charge in [0.15, 0.2) is 5.96 Å². The molecule has 0 saturated heterocycles. The van der Waals surface area contributed by atoms with Crippen molar-refractivity contribution in [2.24, 2.45) is 10.7 Å². The van der Waals surface area contributed by atoms with Crippen molar-refractivity contribution < 1.29 is 9.53 Å². The van der Waals surface area contributed by atoms with E-state index in [1.165, 1.54) is 23.3 Å². The van der Waals surface area contributed by atoms with Crippen LogP contribution in [0.25, 0.3) is 11.1 Å². The molecule has 6 nitrogen and oxygen atoms in total. The third-order valence-corrected chi connectivity index (χ3v) is 5.49. The molecule has 1 atom stereocenters. The quantitative estimate of drug-likeness (QED) is 0.908. The van der Waals surface area contributed by atoms with Gasteiger partial charge < -0.3 is 10.5 Å². The standard InChI is InChI=1S/C16H17ClN4O2S/c1-16(6-13(22)21(2)15(18)20-16)12-5-10(8-24-12)9-4-11(17)14(23-3)19-7-9/h4-5,7-8H,6H2,1-3H3,(H2,18,20)/t16-/m0/s1. The summed E-state index contributed by atoms with van der Waals surface area (Å²) >= 11 is 7.68. The molecule has 3 heterocycles. The molecular weight excluding hydrogens is 348 g/mol. The number of carbonyl (C=O) groups is 1. The number of hydrogen-bond donors (Lipinski definition) is 1. The molecule has 0 aliphatic carbocycles. The van der Waals surface area contributed by atoms with Gasteiger partial charge in [0.05, 0.1) is 13.5 Å². The van der Waals surface area contributed by atoms with E-state index < -0.39 is 5.54 Å². The molecule has 1 aliphatic heterocycles. The summed E-state index contributed by atoms with van der Waals surface area (Å²) in [7, 11) is 3.16. The maximum atomic E-state index is 12.1. The van der Waals surface area contributed by atoms with Gasteiger partial charge in [-0.3, -0.25) is 9.69 Å². The topological polar surface area (TPSA) is 80.8 Å². The predicted octanol–water partition coefficient (Wildman–Crippen LogP) is 2.86. The summed E-state index contributed by atoms with van der Waals surface area (Å²) in [4.78, 5) is 23.2. The van der Waals surface area contributed by atoms with Crippen molar-refractivity contribution >= 4 is 34.8 Å². The molecule has 2 aromatic rings. The van der Waals surface area contributed by atoms with E-state index in [2.05, 4.69) is 9.98 Å². The number of halogens is 1. The maximum Gasteiger partial charge on any atom is 0.232 e. The van der Waals surface area contributed by atoms with Gasteiger partial charge in [0.2, 0.25) is 11.8 Å². The molecular formula is C16H17ClN4O2S. The first-order valence-corrected chi connectivity index (χ1v) is 8.50. The number of nitrogens with zero attached hydrogens (tertiary/aromatic N) is 3. The summed E-state index contributed by atoms with van der Waals surface area (Å²) in [5, 5.41) is 2.44. The van der Waals surface area contributed by atoms with Crippen LogP contribution >= 0.6 is 22.9 Å². The molecule has 8 heteroatoms. The Hall–Kier alpha value is -2.12. The van der Waals surface area contributed by atoms with Gasteiger partial charge in [0, 0.05) is 23.7 Å². The highest BCUT2D eigenvalue weighted by Gasteiger charge is 2.37. The van der Waals surface area contributed by atoms with E-state index >= 15 is 0 Å². The summed E-state index contributed by atoms with van der Waals surface area (Å²) in [5.41, 5.74) is 7.06. The molecule has 0 aromatic carbocycles. The van der Waals surface area contributed by atoms with E-state index in [-0.39, 0.29) is 18.3 Å². The molecule has 1 aliphatic rings. The zero-order valence-electron chi connectivity index (χ0n) is 13.5. The van der Waals surface area contributed by atoms with Crippen molar-refractivity contribution in [1.82, 2.24) is 9.88 Å². The number of rotatable bonds is 3. The van der Waals surface area contributed by atoms with Crippen LogP contribution in [0.15, 0.2) is 28.7 Å². The Bertz CT molecular complexity index is 835. The molecule has 0 radical (unpaired) electrons. The molecule has 0 spiro atoms. The molecule has 0 unspecified atom stereocenters. The van der Waals surface area contributed by atoms with E-state index in [9.17, 15) is 4.79 Å². The molecule has 3 rings (SSSR count). The maximum absolute atomic E-state index is 12.1. The molecule has 0 bridgehead atoms. The number of nitrogens with two attached hydrogens (primary N) is 1. The van der Waals surface area contributed by atoms with Gasteiger partial charge in [-0.1, -0.05) is 11.6 Å². The Kier molecular flexibility index (Phi) is 4.23. The van der Waals surface area contributed by atoms with Gasteiger partial charge in [0.25, 0.3) is 0 Å². The lowest BCUT2D eigenvalue weighted by Gasteiger charge is -2.32. The number of aromatic nitrogens is 1. The molecule has 1 amide bonds. The Morgan fingerprint density at radius 1 is 1.42 bits per heavy atom. The van der Waals surface area contributed by atoms with E-state index in [1.54, 1.807) is 19.3 Å². The van der Waals surface area contributed by atoms with Gasteiger partial charge >= 0.3 is 0 Å². The smallest absolute Gasteiger partial charge is 0.232 e. The second-order valence-corrected chi connectivity index (χ2v) is 7.11. The number of guanidine groups is 1. The Labute approximate surface area is 148 Å². The zero-order chi connectivity index (χ0) is 17.5. The first-order chi connectivity index (χ1) is 11.3. The van der Waals surface area contributed by atoms with Crippen molar-refractivity contribution in [3.63, 3.8) is 0 Å². The number of hydrogen-bond acceptors (Lipinski definition) is 6. The van der Waals surface area contributed by atoms with E-state index in [0.29, 0.717) is 10.9 Å². The minimum Gasteiger partial charge on any atom is -0.480 e. The van der Waals surface area contributed by atoms with Crippen molar-refractivity contribution in [3.8, 4) is 17.0 Å². The van der Waals surface area contributed by atoms with Crippen LogP contribution in [-0.2, 0) is 10.3 Å². The summed E-state index contributed by atoms with van der Waals surface area (Å²) in [6.07, 6.45) is 1.99. The van der Waals surface area contributed by atoms with Crippen LogP contribution in [0, 0.1) is 0 Å².